The van der Waals surface area contributed by atoms with E-state index in [1.165, 1.54) is 0 Å². The highest BCUT2D eigenvalue weighted by Crippen LogP contribution is 2.02. The Morgan fingerprint density at radius 3 is 2.69 bits per heavy atom. The lowest BCUT2D eigenvalue weighted by Gasteiger charge is -2.09. The smallest absolute Gasteiger partial charge is 0.271 e. The van der Waals surface area contributed by atoms with Crippen LogP contribution < -0.4 is 5.32 Å². The van der Waals surface area contributed by atoms with E-state index in [0.717, 1.165) is 12.4 Å². The number of hydrogen-bond acceptors (Lipinski definition) is 4. The van der Waals surface area contributed by atoms with Crippen LogP contribution in [0.3, 0.4) is 0 Å². The lowest BCUT2D eigenvalue weighted by atomic mass is 10.3. The molecule has 0 fully saturated rings. The first-order chi connectivity index (χ1) is 7.50. The predicted octanol–water partition coefficient (Wildman–Crippen LogP) is 0.486. The lowest BCUT2D eigenvalue weighted by Crippen LogP contribution is -2.36. The number of hydrogen-bond donors (Lipinski definition) is 2. The van der Waals surface area contributed by atoms with Crippen LogP contribution in [0.15, 0.2) is 12.4 Å². The van der Waals surface area contributed by atoms with Crippen LogP contribution in [0.5, 0.6) is 0 Å². The molecule has 0 bridgehead atoms. The third kappa shape index (κ3) is 3.67. The fraction of sp³-hybridized carbons (Fsp3) is 0.375. The molecule has 1 amide bonds. The Morgan fingerprint density at radius 2 is 2.19 bits per heavy atom. The highest BCUT2D eigenvalue weighted by atomic mass is 35.5. The van der Waals surface area contributed by atoms with Crippen molar-refractivity contribution in [1.82, 2.24) is 15.3 Å². The second-order valence-electron chi connectivity index (χ2n) is 2.84. The van der Waals surface area contributed by atoms with Gasteiger partial charge >= 0.3 is 0 Å². The van der Waals surface area contributed by atoms with Crippen molar-refractivity contribution in [2.45, 2.75) is 12.5 Å². The Balaban J connectivity index is 2.50. The summed E-state index contributed by atoms with van der Waals surface area (Å²) >= 11 is 5.44. The Morgan fingerprint density at radius 1 is 1.50 bits per heavy atom. The average Bonchev–Trinajstić information content (AvgIpc) is 2.26. The first-order valence-electron chi connectivity index (χ1n) is 4.22. The molecule has 0 aliphatic carbocycles. The molecular formula is C8H8ClF2N3O2. The topological polar surface area (TPSA) is 75.1 Å². The van der Waals surface area contributed by atoms with Crippen LogP contribution in [0.2, 0.25) is 5.15 Å². The minimum Gasteiger partial charge on any atom is -0.385 e. The van der Waals surface area contributed by atoms with Crippen LogP contribution in [0, 0.1) is 0 Å². The number of carbonyl (C=O) groups is 1. The maximum atomic E-state index is 11.9. The minimum absolute atomic E-state index is 0.0640. The van der Waals surface area contributed by atoms with Gasteiger partial charge in [0, 0.05) is 6.54 Å². The van der Waals surface area contributed by atoms with Gasteiger partial charge in [0.2, 0.25) is 0 Å². The van der Waals surface area contributed by atoms with Crippen molar-refractivity contribution in [3.05, 3.63) is 23.2 Å². The molecule has 2 N–H and O–H groups in total. The highest BCUT2D eigenvalue weighted by molar-refractivity contribution is 6.29. The number of aliphatic hydroxyl groups is 1. The molecule has 5 nitrogen and oxygen atoms in total. The normalized spacial score (nSPS) is 12.6. The number of aromatic nitrogens is 2. The SMILES string of the molecule is O=C(NCC(O)C(F)F)c1cnc(Cl)cn1. The van der Waals surface area contributed by atoms with E-state index in [1.54, 1.807) is 0 Å². The van der Waals surface area contributed by atoms with Crippen LogP contribution in [0.1, 0.15) is 10.5 Å². The van der Waals surface area contributed by atoms with E-state index in [1.807, 2.05) is 0 Å². The van der Waals surface area contributed by atoms with Crippen LogP contribution in [-0.2, 0) is 0 Å². The molecule has 1 aromatic heterocycles. The first-order valence-corrected chi connectivity index (χ1v) is 4.60. The predicted molar refractivity (Wildman–Crippen MR) is 51.4 cm³/mol. The van der Waals surface area contributed by atoms with Gasteiger partial charge in [0.25, 0.3) is 12.3 Å². The summed E-state index contributed by atoms with van der Waals surface area (Å²) in [5.74, 6) is -0.705. The van der Waals surface area contributed by atoms with Gasteiger partial charge in [-0.3, -0.25) is 4.79 Å². The third-order valence-electron chi connectivity index (χ3n) is 1.62. The summed E-state index contributed by atoms with van der Waals surface area (Å²) in [6, 6.07) is 0. The number of carbonyl (C=O) groups excluding carboxylic acids is 1. The van der Waals surface area contributed by atoms with Gasteiger partial charge in [0.1, 0.15) is 17.0 Å². The molecule has 0 aromatic carbocycles. The van der Waals surface area contributed by atoms with E-state index in [9.17, 15) is 13.6 Å². The van der Waals surface area contributed by atoms with Crippen molar-refractivity contribution in [3.8, 4) is 0 Å². The Hall–Kier alpha value is -1.34. The van der Waals surface area contributed by atoms with Gasteiger partial charge in [-0.2, -0.15) is 0 Å². The van der Waals surface area contributed by atoms with Crippen molar-refractivity contribution in [3.63, 3.8) is 0 Å². The monoisotopic (exact) mass is 251 g/mol. The fourth-order valence-electron chi connectivity index (χ4n) is 0.806. The van der Waals surface area contributed by atoms with Crippen molar-refractivity contribution >= 4 is 17.5 Å². The molecule has 8 heteroatoms. The van der Waals surface area contributed by atoms with E-state index in [0.29, 0.717) is 0 Å². The second-order valence-corrected chi connectivity index (χ2v) is 3.22. The average molecular weight is 252 g/mol. The third-order valence-corrected chi connectivity index (χ3v) is 1.81. The van der Waals surface area contributed by atoms with Gasteiger partial charge in [-0.05, 0) is 0 Å². The highest BCUT2D eigenvalue weighted by Gasteiger charge is 2.18. The summed E-state index contributed by atoms with van der Waals surface area (Å²) in [5, 5.41) is 10.9. The molecular weight excluding hydrogens is 244 g/mol. The largest absolute Gasteiger partial charge is 0.385 e. The number of alkyl halides is 2. The molecule has 0 aliphatic rings. The zero-order valence-corrected chi connectivity index (χ0v) is 8.66. The van der Waals surface area contributed by atoms with Crippen LogP contribution in [-0.4, -0.2) is 40.1 Å². The van der Waals surface area contributed by atoms with Crippen LogP contribution in [0.25, 0.3) is 0 Å². The quantitative estimate of drug-likeness (QED) is 0.817. The molecule has 0 aliphatic heterocycles. The van der Waals surface area contributed by atoms with Crippen molar-refractivity contribution in [1.29, 1.82) is 0 Å². The molecule has 16 heavy (non-hydrogen) atoms. The fourth-order valence-corrected chi connectivity index (χ4v) is 0.904. The summed E-state index contributed by atoms with van der Waals surface area (Å²) in [4.78, 5) is 18.5. The Kier molecular flexibility index (Phi) is 4.51. The minimum atomic E-state index is -2.91. The van der Waals surface area contributed by atoms with Gasteiger partial charge in [-0.1, -0.05) is 11.6 Å². The first kappa shape index (κ1) is 12.7. The van der Waals surface area contributed by atoms with E-state index in [-0.39, 0.29) is 10.8 Å². The maximum Gasteiger partial charge on any atom is 0.271 e. The molecule has 1 heterocycles. The van der Waals surface area contributed by atoms with Crippen molar-refractivity contribution in [2.24, 2.45) is 0 Å². The molecule has 1 unspecified atom stereocenters. The van der Waals surface area contributed by atoms with Crippen molar-refractivity contribution in [2.75, 3.05) is 6.54 Å². The van der Waals surface area contributed by atoms with Gasteiger partial charge in [-0.15, -0.1) is 0 Å². The van der Waals surface area contributed by atoms with Crippen molar-refractivity contribution < 1.29 is 18.7 Å². The molecule has 1 rings (SSSR count). The summed E-state index contributed by atoms with van der Waals surface area (Å²) in [7, 11) is 0. The van der Waals surface area contributed by atoms with Gasteiger partial charge in [-0.25, -0.2) is 18.7 Å². The second kappa shape index (κ2) is 5.66. The number of nitrogens with one attached hydrogen (secondary N) is 1. The molecule has 0 radical (unpaired) electrons. The van der Waals surface area contributed by atoms with Gasteiger partial charge in [0.05, 0.1) is 12.4 Å². The Bertz CT molecular complexity index is 361. The lowest BCUT2D eigenvalue weighted by molar-refractivity contribution is -0.00273. The zero-order chi connectivity index (χ0) is 12.1. The number of halogens is 3. The van der Waals surface area contributed by atoms with Gasteiger partial charge < -0.3 is 10.4 Å². The number of aliphatic hydroxyl groups excluding tert-OH is 1. The molecule has 0 saturated heterocycles. The maximum absolute atomic E-state index is 11.9. The number of rotatable bonds is 4. The summed E-state index contributed by atoms with van der Waals surface area (Å²) in [6.45, 7) is -0.555. The summed E-state index contributed by atoms with van der Waals surface area (Å²) in [5.41, 5.74) is -0.0640. The van der Waals surface area contributed by atoms with E-state index >= 15 is 0 Å². The van der Waals surface area contributed by atoms with E-state index in [4.69, 9.17) is 16.7 Å². The number of nitrogens with zero attached hydrogens (tertiary/aromatic N) is 2. The summed E-state index contributed by atoms with van der Waals surface area (Å²) in [6.07, 6.45) is -2.55. The van der Waals surface area contributed by atoms with E-state index < -0.39 is 25.0 Å². The molecule has 0 spiro atoms. The molecule has 0 saturated carbocycles. The van der Waals surface area contributed by atoms with Crippen LogP contribution >= 0.6 is 11.6 Å². The van der Waals surface area contributed by atoms with Crippen LogP contribution in [0.4, 0.5) is 8.78 Å². The van der Waals surface area contributed by atoms with Gasteiger partial charge in [0.15, 0.2) is 0 Å². The zero-order valence-electron chi connectivity index (χ0n) is 7.90. The molecule has 88 valence electrons. The molecule has 1 atom stereocenters. The molecule has 1 aromatic rings. The summed E-state index contributed by atoms with van der Waals surface area (Å²) < 4.78 is 23.8. The Labute approximate surface area is 94.5 Å². The standard InChI is InChI=1S/C8H8ClF2N3O2/c9-6-3-12-4(1-13-6)8(16)14-2-5(15)7(10)11/h1,3,5,7,15H,2H2,(H,14,16). The number of amides is 1. The van der Waals surface area contributed by atoms with E-state index in [2.05, 4.69) is 15.3 Å².